The van der Waals surface area contributed by atoms with Crippen LogP contribution in [0.3, 0.4) is 0 Å². The van der Waals surface area contributed by atoms with E-state index in [1.54, 1.807) is 0 Å². The average molecular weight is 673 g/mol. The molecule has 4 aromatic rings. The van der Waals surface area contributed by atoms with E-state index in [1.807, 2.05) is 43.3 Å². The van der Waals surface area contributed by atoms with Gasteiger partial charge in [0.1, 0.15) is 11.5 Å². The lowest BCUT2D eigenvalue weighted by molar-refractivity contribution is 0.339. The van der Waals surface area contributed by atoms with Gasteiger partial charge in [-0.1, -0.05) is 84.8 Å². The molecule has 2 fully saturated rings. The summed E-state index contributed by atoms with van der Waals surface area (Å²) < 4.78 is 10.8. The van der Waals surface area contributed by atoms with Gasteiger partial charge in [0, 0.05) is 0 Å². The molecule has 2 aliphatic carbocycles. The number of hydrogen-bond acceptors (Lipinski definition) is 4. The molecule has 266 valence electrons. The van der Waals surface area contributed by atoms with Crippen molar-refractivity contribution in [3.63, 3.8) is 0 Å². The van der Waals surface area contributed by atoms with Crippen molar-refractivity contribution in [1.29, 1.82) is 10.5 Å². The molecule has 0 aliphatic heterocycles. The van der Waals surface area contributed by atoms with Crippen molar-refractivity contribution >= 4 is 0 Å². The summed E-state index contributed by atoms with van der Waals surface area (Å²) in [5.41, 5.74) is 7.08. The highest BCUT2D eigenvalue weighted by Crippen LogP contribution is 2.42. The molecule has 2 aliphatic rings. The van der Waals surface area contributed by atoms with Crippen LogP contribution in [0.5, 0.6) is 11.5 Å². The van der Waals surface area contributed by atoms with E-state index in [-0.39, 0.29) is 29.7 Å². The van der Waals surface area contributed by atoms with E-state index >= 15 is 0 Å². The minimum atomic E-state index is 0. The van der Waals surface area contributed by atoms with Gasteiger partial charge < -0.3 is 9.47 Å². The van der Waals surface area contributed by atoms with Crippen molar-refractivity contribution in [1.82, 2.24) is 0 Å². The molecule has 0 bridgehead atoms. The lowest BCUT2D eigenvalue weighted by atomic mass is 9.76. The van der Waals surface area contributed by atoms with Gasteiger partial charge in [-0.25, -0.2) is 0 Å². The third-order valence-electron chi connectivity index (χ3n) is 9.71. The van der Waals surface area contributed by atoms with Crippen LogP contribution in [0, 0.1) is 22.7 Å². The Balaban J connectivity index is 0.000000463. The van der Waals surface area contributed by atoms with Crippen molar-refractivity contribution in [2.75, 3.05) is 6.61 Å². The fraction of sp³-hybridized carbons (Fsp3) is 0.391. The first kappa shape index (κ1) is 43.2. The van der Waals surface area contributed by atoms with Gasteiger partial charge in [0.15, 0.2) is 0 Å². The molecule has 4 heteroatoms. The molecule has 0 N–H and O–H groups in total. The fourth-order valence-electron chi connectivity index (χ4n) is 7.10. The number of rotatable bonds is 8. The minimum absolute atomic E-state index is 0. The number of ether oxygens (including phenoxy) is 2. The van der Waals surface area contributed by atoms with Crippen molar-refractivity contribution in [3.8, 4) is 23.6 Å². The Bertz CT molecular complexity index is 1600. The lowest BCUT2D eigenvalue weighted by Gasteiger charge is -2.29. The van der Waals surface area contributed by atoms with Gasteiger partial charge in [-0.05, 0) is 153 Å². The lowest BCUT2D eigenvalue weighted by Crippen LogP contribution is -2.12. The van der Waals surface area contributed by atoms with E-state index in [9.17, 15) is 0 Å². The first-order valence-corrected chi connectivity index (χ1v) is 16.7. The Morgan fingerprint density at radius 3 is 1.06 bits per heavy atom. The van der Waals surface area contributed by atoms with Crippen LogP contribution in [0.25, 0.3) is 0 Å². The summed E-state index contributed by atoms with van der Waals surface area (Å²) in [6.45, 7) is 6.31. The summed E-state index contributed by atoms with van der Waals surface area (Å²) >= 11 is 0. The Morgan fingerprint density at radius 2 is 0.800 bits per heavy atom. The van der Waals surface area contributed by atoms with Crippen LogP contribution < -0.4 is 9.47 Å². The van der Waals surface area contributed by atoms with E-state index in [4.69, 9.17) is 20.0 Å². The standard InChI is InChI=1S/C21H23NO.C21H21NO.4CH4/c2*1-2-23-21-13-11-20(12-14-21)19-9-7-18(8-10-19)17-5-3-16(15-22)4-6-17;;;;/h3-6,11-14,18-19H,2,7-10H2,1H3;2-6,11-14,18-19H,1,7-10H2;4*1H4. The first-order valence-electron chi connectivity index (χ1n) is 16.7. The molecule has 0 saturated heterocycles. The van der Waals surface area contributed by atoms with Gasteiger partial charge in [0.2, 0.25) is 0 Å². The zero-order chi connectivity index (χ0) is 32.1. The van der Waals surface area contributed by atoms with Crippen molar-refractivity contribution in [3.05, 3.63) is 143 Å². The number of hydrogen-bond donors (Lipinski definition) is 0. The van der Waals surface area contributed by atoms with Crippen molar-refractivity contribution in [2.24, 2.45) is 0 Å². The molecule has 0 unspecified atom stereocenters. The topological polar surface area (TPSA) is 66.0 Å². The van der Waals surface area contributed by atoms with E-state index in [1.165, 1.54) is 79.9 Å². The van der Waals surface area contributed by atoms with Gasteiger partial charge in [0.25, 0.3) is 0 Å². The maximum atomic E-state index is 8.89. The number of nitrogens with zero attached hydrogens (tertiary/aromatic N) is 2. The highest BCUT2D eigenvalue weighted by atomic mass is 16.5. The molecular weight excluding hydrogens is 613 g/mol. The molecule has 50 heavy (non-hydrogen) atoms. The zero-order valence-electron chi connectivity index (χ0n) is 26.9. The monoisotopic (exact) mass is 672 g/mol. The third-order valence-corrected chi connectivity index (χ3v) is 9.71. The second kappa shape index (κ2) is 22.0. The Morgan fingerprint density at radius 1 is 0.520 bits per heavy atom. The van der Waals surface area contributed by atoms with Crippen LogP contribution in [0.1, 0.15) is 145 Å². The van der Waals surface area contributed by atoms with Crippen LogP contribution in [0.2, 0.25) is 0 Å². The second-order valence-electron chi connectivity index (χ2n) is 12.4. The SMILES string of the molecule is C.C.C.C.C=COc1ccc(C2CCC(c3ccc(C#N)cc3)CC2)cc1.CCOc1ccc(C2CCC(c3ccc(C#N)cc3)CC2)cc1. The van der Waals surface area contributed by atoms with Crippen molar-refractivity contribution in [2.45, 2.75) is 112 Å². The van der Waals surface area contributed by atoms with Gasteiger partial charge in [-0.3, -0.25) is 0 Å². The fourth-order valence-corrected chi connectivity index (χ4v) is 7.10. The molecule has 0 aromatic heterocycles. The summed E-state index contributed by atoms with van der Waals surface area (Å²) in [5, 5.41) is 17.8. The first-order chi connectivity index (χ1) is 22.6. The predicted octanol–water partition coefficient (Wildman–Crippen LogP) is 13.5. The summed E-state index contributed by atoms with van der Waals surface area (Å²) in [6.07, 6.45) is 11.2. The molecule has 0 atom stereocenters. The largest absolute Gasteiger partial charge is 0.494 e. The summed E-state index contributed by atoms with van der Waals surface area (Å²) in [5.74, 6) is 4.38. The molecule has 0 heterocycles. The summed E-state index contributed by atoms with van der Waals surface area (Å²) in [7, 11) is 0. The molecule has 0 radical (unpaired) electrons. The Kier molecular flexibility index (Phi) is 19.0. The average Bonchev–Trinajstić information content (AvgIpc) is 3.13. The van der Waals surface area contributed by atoms with E-state index < -0.39 is 0 Å². The Hall–Kier alpha value is -4.80. The molecule has 4 aromatic carbocycles. The summed E-state index contributed by atoms with van der Waals surface area (Å²) in [4.78, 5) is 0. The minimum Gasteiger partial charge on any atom is -0.494 e. The van der Waals surface area contributed by atoms with E-state index in [0.29, 0.717) is 23.7 Å². The normalized spacial score (nSPS) is 18.9. The quantitative estimate of drug-likeness (QED) is 0.175. The maximum Gasteiger partial charge on any atom is 0.126 e. The third kappa shape index (κ3) is 11.7. The summed E-state index contributed by atoms with van der Waals surface area (Å²) in [6, 6.07) is 37.6. The van der Waals surface area contributed by atoms with E-state index in [0.717, 1.165) is 29.2 Å². The van der Waals surface area contributed by atoms with Crippen LogP contribution in [0.15, 0.2) is 110 Å². The maximum absolute atomic E-state index is 8.89. The van der Waals surface area contributed by atoms with Crippen LogP contribution in [-0.4, -0.2) is 6.61 Å². The molecule has 6 rings (SSSR count). The van der Waals surface area contributed by atoms with Gasteiger partial charge in [0.05, 0.1) is 36.1 Å². The van der Waals surface area contributed by atoms with Crippen LogP contribution in [-0.2, 0) is 0 Å². The Labute approximate surface area is 304 Å². The highest BCUT2D eigenvalue weighted by molar-refractivity contribution is 5.36. The number of nitriles is 2. The molecule has 2 saturated carbocycles. The van der Waals surface area contributed by atoms with Crippen LogP contribution in [0.4, 0.5) is 0 Å². The molecule has 0 amide bonds. The van der Waals surface area contributed by atoms with Crippen LogP contribution >= 0.6 is 0 Å². The van der Waals surface area contributed by atoms with Gasteiger partial charge in [-0.15, -0.1) is 0 Å². The highest BCUT2D eigenvalue weighted by Gasteiger charge is 2.24. The van der Waals surface area contributed by atoms with E-state index in [2.05, 4.69) is 79.4 Å². The van der Waals surface area contributed by atoms with Crippen molar-refractivity contribution < 1.29 is 9.47 Å². The van der Waals surface area contributed by atoms with Gasteiger partial charge >= 0.3 is 0 Å². The van der Waals surface area contributed by atoms with Gasteiger partial charge in [-0.2, -0.15) is 10.5 Å². The molecule has 0 spiro atoms. The second-order valence-corrected chi connectivity index (χ2v) is 12.4. The number of benzene rings is 4. The smallest absolute Gasteiger partial charge is 0.126 e. The zero-order valence-corrected chi connectivity index (χ0v) is 26.9. The molecular formula is C46H60N2O2. The molecule has 4 nitrogen and oxygen atoms in total. The predicted molar refractivity (Wildman–Crippen MR) is 212 cm³/mol.